The van der Waals surface area contributed by atoms with E-state index in [1.165, 1.54) is 44.7 Å². The highest BCUT2D eigenvalue weighted by molar-refractivity contribution is 7.92. The molecule has 1 aromatic carbocycles. The lowest BCUT2D eigenvalue weighted by atomic mass is 10.1. The van der Waals surface area contributed by atoms with Crippen molar-refractivity contribution >= 4 is 48.4 Å². The van der Waals surface area contributed by atoms with E-state index in [1.807, 2.05) is 0 Å². The third kappa shape index (κ3) is 5.32. The van der Waals surface area contributed by atoms with Crippen molar-refractivity contribution in [1.82, 2.24) is 15.0 Å². The number of amides is 1. The summed E-state index contributed by atoms with van der Waals surface area (Å²) in [4.78, 5) is 31.9. The maximum absolute atomic E-state index is 13.1. The van der Waals surface area contributed by atoms with E-state index < -0.39 is 21.8 Å². The van der Waals surface area contributed by atoms with Gasteiger partial charge in [-0.25, -0.2) is 13.4 Å². The molecule has 0 saturated heterocycles. The van der Waals surface area contributed by atoms with Crippen LogP contribution >= 0.6 is 11.3 Å². The van der Waals surface area contributed by atoms with Gasteiger partial charge >= 0.3 is 0 Å². The Hall–Kier alpha value is -3.16. The summed E-state index contributed by atoms with van der Waals surface area (Å²) in [6.07, 6.45) is 2.36. The number of methoxy groups -OCH3 is 2. The van der Waals surface area contributed by atoms with Gasteiger partial charge < -0.3 is 14.3 Å². The molecule has 11 nitrogen and oxygen atoms in total. The number of fused-ring (bicyclic) bond motifs is 1. The molecule has 2 aromatic heterocycles. The van der Waals surface area contributed by atoms with Crippen molar-refractivity contribution in [3.8, 4) is 5.88 Å². The monoisotopic (exact) mass is 505 g/mol. The predicted molar refractivity (Wildman–Crippen MR) is 126 cm³/mol. The SMILES string of the molecule is COC[C@@H](C)ON=C(C(=O)Nc1nc2ncc(OC)nc2s1)c1ccc(S(=O)(=O)C2CC2)cc1. The summed E-state index contributed by atoms with van der Waals surface area (Å²) in [6.45, 7) is 2.01. The zero-order valence-corrected chi connectivity index (χ0v) is 20.4. The minimum Gasteiger partial charge on any atom is -0.480 e. The Morgan fingerprint density at radius 3 is 2.62 bits per heavy atom. The van der Waals surface area contributed by atoms with Crippen molar-refractivity contribution in [3.63, 3.8) is 0 Å². The largest absolute Gasteiger partial charge is 0.480 e. The number of sulfone groups is 1. The first-order valence-electron chi connectivity index (χ1n) is 10.4. The van der Waals surface area contributed by atoms with E-state index in [2.05, 4.69) is 25.4 Å². The van der Waals surface area contributed by atoms with Crippen molar-refractivity contribution in [2.24, 2.45) is 5.16 Å². The Bertz CT molecular complexity index is 1320. The van der Waals surface area contributed by atoms with Crippen LogP contribution in [0.3, 0.4) is 0 Å². The summed E-state index contributed by atoms with van der Waals surface area (Å²) in [6, 6.07) is 6.01. The molecule has 1 N–H and O–H groups in total. The maximum Gasteiger partial charge on any atom is 0.280 e. The molecule has 180 valence electrons. The molecule has 1 saturated carbocycles. The minimum absolute atomic E-state index is 0.0453. The van der Waals surface area contributed by atoms with Gasteiger partial charge in [-0.1, -0.05) is 28.6 Å². The first-order valence-corrected chi connectivity index (χ1v) is 12.7. The van der Waals surface area contributed by atoms with Crippen LogP contribution in [-0.4, -0.2) is 67.2 Å². The number of benzene rings is 1. The van der Waals surface area contributed by atoms with Crippen LogP contribution in [0.25, 0.3) is 10.5 Å². The van der Waals surface area contributed by atoms with Crippen LogP contribution in [-0.2, 0) is 24.2 Å². The van der Waals surface area contributed by atoms with E-state index in [0.717, 1.165) is 11.3 Å². The quantitative estimate of drug-likeness (QED) is 0.325. The molecule has 1 fully saturated rings. The number of ether oxygens (including phenoxy) is 2. The van der Waals surface area contributed by atoms with Gasteiger partial charge in [0.2, 0.25) is 5.88 Å². The molecular weight excluding hydrogens is 482 g/mol. The Labute approximate surface area is 200 Å². The van der Waals surface area contributed by atoms with Crippen LogP contribution in [0.2, 0.25) is 0 Å². The third-order valence-electron chi connectivity index (χ3n) is 4.89. The fraction of sp³-hybridized carbons (Fsp3) is 0.381. The molecule has 4 rings (SSSR count). The second-order valence-corrected chi connectivity index (χ2v) is 10.8. The number of carbonyl (C=O) groups is 1. The maximum atomic E-state index is 13.1. The first-order chi connectivity index (χ1) is 16.3. The lowest BCUT2D eigenvalue weighted by Crippen LogP contribution is -2.25. The summed E-state index contributed by atoms with van der Waals surface area (Å²) < 4.78 is 35.1. The van der Waals surface area contributed by atoms with Crippen molar-refractivity contribution in [3.05, 3.63) is 36.0 Å². The van der Waals surface area contributed by atoms with Gasteiger partial charge in [0, 0.05) is 12.7 Å². The Balaban J connectivity index is 1.60. The second-order valence-electron chi connectivity index (χ2n) is 7.59. The predicted octanol–water partition coefficient (Wildman–Crippen LogP) is 2.43. The number of nitrogens with zero attached hydrogens (tertiary/aromatic N) is 4. The Morgan fingerprint density at radius 1 is 1.24 bits per heavy atom. The molecular formula is C21H23N5O6S2. The van der Waals surface area contributed by atoms with Crippen LogP contribution in [0, 0.1) is 0 Å². The highest BCUT2D eigenvalue weighted by Gasteiger charge is 2.36. The molecule has 1 atom stereocenters. The molecule has 1 aliphatic rings. The second kappa shape index (κ2) is 9.99. The summed E-state index contributed by atoms with van der Waals surface area (Å²) in [7, 11) is -0.343. The smallest absolute Gasteiger partial charge is 0.280 e. The minimum atomic E-state index is -3.35. The molecule has 0 aliphatic heterocycles. The molecule has 34 heavy (non-hydrogen) atoms. The lowest BCUT2D eigenvalue weighted by molar-refractivity contribution is -0.110. The van der Waals surface area contributed by atoms with Crippen molar-refractivity contribution in [2.45, 2.75) is 36.0 Å². The highest BCUT2D eigenvalue weighted by atomic mass is 32.2. The van der Waals surface area contributed by atoms with E-state index in [9.17, 15) is 13.2 Å². The number of rotatable bonds is 10. The standard InChI is InChI=1S/C21H23N5O6S2/c1-12(11-30-2)32-26-17(13-4-6-14(7-5-13)34(28,29)15-8-9-15)19(27)25-21-24-18-20(33-21)23-16(31-3)10-22-18/h4-7,10,12,15H,8-9,11H2,1-3H3,(H,22,24,25,27)/t12-/m1/s1. The van der Waals surface area contributed by atoms with Gasteiger partial charge in [0.15, 0.2) is 31.2 Å². The fourth-order valence-corrected chi connectivity index (χ4v) is 5.46. The molecule has 0 radical (unpaired) electrons. The van der Waals surface area contributed by atoms with Gasteiger partial charge in [-0.2, -0.15) is 9.97 Å². The molecule has 3 aromatic rings. The van der Waals surface area contributed by atoms with Crippen LogP contribution < -0.4 is 10.1 Å². The molecule has 2 heterocycles. The third-order valence-corrected chi connectivity index (χ3v) is 8.02. The van der Waals surface area contributed by atoms with Gasteiger partial charge in [0.25, 0.3) is 5.91 Å². The number of anilines is 1. The number of oxime groups is 1. The van der Waals surface area contributed by atoms with Gasteiger partial charge in [-0.15, -0.1) is 0 Å². The van der Waals surface area contributed by atoms with E-state index in [1.54, 1.807) is 6.92 Å². The van der Waals surface area contributed by atoms with Crippen LogP contribution in [0.1, 0.15) is 25.3 Å². The van der Waals surface area contributed by atoms with Crippen LogP contribution in [0.15, 0.2) is 40.5 Å². The average Bonchev–Trinajstić information content (AvgIpc) is 3.61. The van der Waals surface area contributed by atoms with Crippen molar-refractivity contribution in [2.75, 3.05) is 26.1 Å². The topological polar surface area (TPSA) is 142 Å². The molecule has 0 bridgehead atoms. The molecule has 1 aliphatic carbocycles. The fourth-order valence-electron chi connectivity index (χ4n) is 3.02. The number of hydrogen-bond acceptors (Lipinski definition) is 11. The van der Waals surface area contributed by atoms with Gasteiger partial charge in [0.1, 0.15) is 6.10 Å². The number of thiazole rings is 1. The first kappa shape index (κ1) is 24.0. The molecule has 0 unspecified atom stereocenters. The summed E-state index contributed by atoms with van der Waals surface area (Å²) in [5, 5.41) is 6.65. The van der Waals surface area contributed by atoms with Gasteiger partial charge in [0.05, 0.1) is 30.1 Å². The number of hydrogen-bond donors (Lipinski definition) is 1. The van der Waals surface area contributed by atoms with E-state index in [0.29, 0.717) is 34.8 Å². The molecule has 1 amide bonds. The molecule has 0 spiro atoms. The normalized spacial score (nSPS) is 15.2. The zero-order valence-electron chi connectivity index (χ0n) is 18.7. The zero-order chi connectivity index (χ0) is 24.3. The van der Waals surface area contributed by atoms with Crippen molar-refractivity contribution < 1.29 is 27.5 Å². The van der Waals surface area contributed by atoms with Crippen molar-refractivity contribution in [1.29, 1.82) is 0 Å². The number of aromatic nitrogens is 3. The van der Waals surface area contributed by atoms with Gasteiger partial charge in [-0.05, 0) is 31.9 Å². The summed E-state index contributed by atoms with van der Waals surface area (Å²) in [5.41, 5.74) is 0.700. The van der Waals surface area contributed by atoms with Crippen LogP contribution in [0.5, 0.6) is 5.88 Å². The van der Waals surface area contributed by atoms with Gasteiger partial charge in [-0.3, -0.25) is 10.1 Å². The lowest BCUT2D eigenvalue weighted by Gasteiger charge is -2.11. The molecule has 13 heteroatoms. The van der Waals surface area contributed by atoms with E-state index in [4.69, 9.17) is 14.3 Å². The Morgan fingerprint density at radius 2 is 1.97 bits per heavy atom. The summed E-state index contributed by atoms with van der Waals surface area (Å²) in [5.74, 6) is -0.258. The highest BCUT2D eigenvalue weighted by Crippen LogP contribution is 2.33. The number of carbonyl (C=O) groups excluding carboxylic acids is 1. The summed E-state index contributed by atoms with van der Waals surface area (Å²) >= 11 is 1.12. The van der Waals surface area contributed by atoms with E-state index >= 15 is 0 Å². The van der Waals surface area contributed by atoms with E-state index in [-0.39, 0.29) is 27.6 Å². The number of nitrogens with one attached hydrogen (secondary N) is 1. The Kier molecular flexibility index (Phi) is 7.05. The average molecular weight is 506 g/mol. The van der Waals surface area contributed by atoms with Crippen LogP contribution in [0.4, 0.5) is 5.13 Å².